The average Bonchev–Trinajstić information content (AvgIpc) is 2.52. The van der Waals surface area contributed by atoms with Gasteiger partial charge in [-0.3, -0.25) is 4.90 Å². The summed E-state index contributed by atoms with van der Waals surface area (Å²) in [5.74, 6) is 0. The fourth-order valence-corrected chi connectivity index (χ4v) is 2.32. The molecule has 1 heteroatoms. The van der Waals surface area contributed by atoms with Gasteiger partial charge in [-0.15, -0.1) is 6.58 Å². The van der Waals surface area contributed by atoms with Crippen LogP contribution in [0.15, 0.2) is 73.3 Å². The zero-order valence-electron chi connectivity index (χ0n) is 12.0. The number of nitrogens with zero attached hydrogens (tertiary/aromatic N) is 1. The van der Waals surface area contributed by atoms with E-state index in [1.165, 1.54) is 11.1 Å². The third-order valence-electron chi connectivity index (χ3n) is 3.46. The quantitative estimate of drug-likeness (QED) is 0.643. The van der Waals surface area contributed by atoms with Crippen molar-refractivity contribution in [2.75, 3.05) is 13.1 Å². The molecule has 0 heterocycles. The van der Waals surface area contributed by atoms with E-state index in [9.17, 15) is 0 Å². The number of hydrogen-bond donors (Lipinski definition) is 0. The molecule has 0 unspecified atom stereocenters. The van der Waals surface area contributed by atoms with Gasteiger partial charge in [-0.05, 0) is 24.0 Å². The van der Waals surface area contributed by atoms with Crippen LogP contribution in [0.3, 0.4) is 0 Å². The molecule has 104 valence electrons. The van der Waals surface area contributed by atoms with E-state index in [0.717, 1.165) is 32.5 Å². The molecule has 0 radical (unpaired) electrons. The van der Waals surface area contributed by atoms with Gasteiger partial charge in [0.15, 0.2) is 0 Å². The highest BCUT2D eigenvalue weighted by atomic mass is 15.1. The maximum absolute atomic E-state index is 3.83. The average molecular weight is 265 g/mol. The van der Waals surface area contributed by atoms with Gasteiger partial charge >= 0.3 is 0 Å². The molecule has 0 aromatic heterocycles. The minimum absolute atomic E-state index is 1.02. The lowest BCUT2D eigenvalue weighted by Gasteiger charge is -2.22. The van der Waals surface area contributed by atoms with Crippen LogP contribution in [0.1, 0.15) is 17.5 Å². The van der Waals surface area contributed by atoms with E-state index in [-0.39, 0.29) is 0 Å². The van der Waals surface area contributed by atoms with E-state index in [0.29, 0.717) is 0 Å². The van der Waals surface area contributed by atoms with Gasteiger partial charge in [0.1, 0.15) is 0 Å². The van der Waals surface area contributed by atoms with Crippen molar-refractivity contribution in [3.8, 4) is 0 Å². The molecule has 0 amide bonds. The van der Waals surface area contributed by atoms with Crippen molar-refractivity contribution in [1.29, 1.82) is 0 Å². The summed E-state index contributed by atoms with van der Waals surface area (Å²) in [5.41, 5.74) is 2.79. The first kappa shape index (κ1) is 14.5. The van der Waals surface area contributed by atoms with Gasteiger partial charge in [0.05, 0.1) is 0 Å². The molecule has 2 aromatic carbocycles. The van der Waals surface area contributed by atoms with E-state index in [1.54, 1.807) is 0 Å². The molecule has 2 aromatic rings. The van der Waals surface area contributed by atoms with Crippen LogP contribution in [-0.2, 0) is 13.0 Å². The predicted molar refractivity (Wildman–Crippen MR) is 86.7 cm³/mol. The van der Waals surface area contributed by atoms with Crippen molar-refractivity contribution in [3.63, 3.8) is 0 Å². The molecule has 1 nitrogen and oxygen atoms in total. The van der Waals surface area contributed by atoms with E-state index in [1.807, 2.05) is 6.08 Å². The maximum atomic E-state index is 3.83. The topological polar surface area (TPSA) is 3.24 Å². The van der Waals surface area contributed by atoms with Crippen molar-refractivity contribution < 1.29 is 0 Å². The van der Waals surface area contributed by atoms with E-state index in [2.05, 4.69) is 72.1 Å². The van der Waals surface area contributed by atoms with Crippen molar-refractivity contribution in [2.45, 2.75) is 19.4 Å². The van der Waals surface area contributed by atoms with Gasteiger partial charge < -0.3 is 0 Å². The molecule has 0 saturated heterocycles. The Balaban J connectivity index is 1.91. The highest BCUT2D eigenvalue weighted by Gasteiger charge is 2.05. The van der Waals surface area contributed by atoms with E-state index >= 15 is 0 Å². The van der Waals surface area contributed by atoms with E-state index < -0.39 is 0 Å². The second-order valence-electron chi connectivity index (χ2n) is 5.07. The lowest BCUT2D eigenvalue weighted by molar-refractivity contribution is 0.274. The summed E-state index contributed by atoms with van der Waals surface area (Å²) in [5, 5.41) is 0. The Hall–Kier alpha value is -1.86. The largest absolute Gasteiger partial charge is 0.298 e. The second kappa shape index (κ2) is 8.34. The van der Waals surface area contributed by atoms with Crippen LogP contribution in [0.5, 0.6) is 0 Å². The number of hydrogen-bond acceptors (Lipinski definition) is 1. The van der Waals surface area contributed by atoms with Gasteiger partial charge in [0.2, 0.25) is 0 Å². The molecule has 0 N–H and O–H groups in total. The standard InChI is InChI=1S/C19H23N/c1-2-3-15-20(17-19-12-8-5-9-13-19)16-14-18-10-6-4-7-11-18/h2,4-13H,1,3,14-17H2. The monoisotopic (exact) mass is 265 g/mol. The summed E-state index contributed by atoms with van der Waals surface area (Å²) in [6.07, 6.45) is 4.15. The predicted octanol–water partition coefficient (Wildman–Crippen LogP) is 4.31. The van der Waals surface area contributed by atoms with Gasteiger partial charge in [-0.1, -0.05) is 66.7 Å². The summed E-state index contributed by atoms with van der Waals surface area (Å²) >= 11 is 0. The molecule has 0 saturated carbocycles. The zero-order chi connectivity index (χ0) is 14.0. The van der Waals surface area contributed by atoms with Crippen LogP contribution in [0.25, 0.3) is 0 Å². The Labute approximate surface area is 122 Å². The van der Waals surface area contributed by atoms with Gasteiger partial charge in [0, 0.05) is 19.6 Å². The lowest BCUT2D eigenvalue weighted by Crippen LogP contribution is -2.26. The normalized spacial score (nSPS) is 10.7. The first-order valence-electron chi connectivity index (χ1n) is 7.29. The number of benzene rings is 2. The Bertz CT molecular complexity index is 490. The molecule has 0 aliphatic carbocycles. The molecule has 0 atom stereocenters. The molecular weight excluding hydrogens is 242 g/mol. The molecule has 0 aliphatic rings. The van der Waals surface area contributed by atoms with Crippen molar-refractivity contribution in [1.82, 2.24) is 4.90 Å². The van der Waals surface area contributed by atoms with Crippen LogP contribution in [0.2, 0.25) is 0 Å². The minimum Gasteiger partial charge on any atom is -0.298 e. The smallest absolute Gasteiger partial charge is 0.0233 e. The molecule has 0 aliphatic heterocycles. The van der Waals surface area contributed by atoms with Crippen LogP contribution in [-0.4, -0.2) is 18.0 Å². The Morgan fingerprint density at radius 2 is 1.40 bits per heavy atom. The van der Waals surface area contributed by atoms with Crippen LogP contribution in [0.4, 0.5) is 0 Å². The summed E-state index contributed by atoms with van der Waals surface area (Å²) < 4.78 is 0. The zero-order valence-corrected chi connectivity index (χ0v) is 12.0. The summed E-state index contributed by atoms with van der Waals surface area (Å²) in [7, 11) is 0. The Kier molecular flexibility index (Phi) is 6.07. The highest BCUT2D eigenvalue weighted by molar-refractivity contribution is 5.16. The molecular formula is C19H23N. The number of rotatable bonds is 8. The fourth-order valence-electron chi connectivity index (χ4n) is 2.32. The SMILES string of the molecule is C=CCCN(CCc1ccccc1)Cc1ccccc1. The Morgan fingerprint density at radius 1 is 0.800 bits per heavy atom. The van der Waals surface area contributed by atoms with Crippen molar-refractivity contribution in [3.05, 3.63) is 84.4 Å². The van der Waals surface area contributed by atoms with Crippen molar-refractivity contribution in [2.24, 2.45) is 0 Å². The minimum atomic E-state index is 1.02. The van der Waals surface area contributed by atoms with Crippen LogP contribution >= 0.6 is 0 Å². The first-order valence-corrected chi connectivity index (χ1v) is 7.29. The van der Waals surface area contributed by atoms with Gasteiger partial charge in [0.25, 0.3) is 0 Å². The van der Waals surface area contributed by atoms with Gasteiger partial charge in [-0.25, -0.2) is 0 Å². The van der Waals surface area contributed by atoms with Gasteiger partial charge in [-0.2, -0.15) is 0 Å². The third-order valence-corrected chi connectivity index (χ3v) is 3.46. The Morgan fingerprint density at radius 3 is 2.00 bits per heavy atom. The fraction of sp³-hybridized carbons (Fsp3) is 0.263. The second-order valence-corrected chi connectivity index (χ2v) is 5.07. The molecule has 0 spiro atoms. The highest BCUT2D eigenvalue weighted by Crippen LogP contribution is 2.08. The third kappa shape index (κ3) is 5.02. The van der Waals surface area contributed by atoms with E-state index in [4.69, 9.17) is 0 Å². The van der Waals surface area contributed by atoms with Crippen molar-refractivity contribution >= 4 is 0 Å². The summed E-state index contributed by atoms with van der Waals surface area (Å²) in [4.78, 5) is 2.50. The molecule has 2 rings (SSSR count). The summed E-state index contributed by atoms with van der Waals surface area (Å²) in [6.45, 7) is 7.01. The molecule has 20 heavy (non-hydrogen) atoms. The van der Waals surface area contributed by atoms with Crippen LogP contribution in [0, 0.1) is 0 Å². The molecule has 0 fully saturated rings. The summed E-state index contributed by atoms with van der Waals surface area (Å²) in [6, 6.07) is 21.4. The maximum Gasteiger partial charge on any atom is 0.0233 e. The van der Waals surface area contributed by atoms with Crippen LogP contribution < -0.4 is 0 Å². The lowest BCUT2D eigenvalue weighted by atomic mass is 10.1. The molecule has 0 bridgehead atoms. The first-order chi connectivity index (χ1) is 9.88.